The minimum absolute atomic E-state index is 0.0312. The highest BCUT2D eigenvalue weighted by atomic mass is 31.1. The van der Waals surface area contributed by atoms with Gasteiger partial charge in [0.2, 0.25) is 0 Å². The molecule has 0 heterocycles. The average Bonchev–Trinajstić information content (AvgIpc) is 1.84. The summed E-state index contributed by atoms with van der Waals surface area (Å²) in [5.41, 5.74) is -0.0988. The summed E-state index contributed by atoms with van der Waals surface area (Å²) in [6.45, 7) is 5.81. The molecule has 0 aliphatic rings. The Morgan fingerprint density at radius 2 is 1.83 bits per heavy atom. The van der Waals surface area contributed by atoms with E-state index in [-0.39, 0.29) is 12.1 Å². The van der Waals surface area contributed by atoms with Crippen molar-refractivity contribution in [3.63, 3.8) is 0 Å². The Hall–Kier alpha value is -0.510. The predicted molar refractivity (Wildman–Crippen MR) is 45.2 cm³/mol. The maximum absolute atomic E-state index is 9.98. The van der Waals surface area contributed by atoms with Crippen LogP contribution < -0.4 is 5.32 Å². The van der Waals surface area contributed by atoms with Crippen LogP contribution in [-0.4, -0.2) is 28.1 Å². The van der Waals surface area contributed by atoms with Crippen LogP contribution in [0.1, 0.15) is 20.8 Å². The Morgan fingerprint density at radius 3 is 1.92 bits per heavy atom. The predicted octanol–water partition coefficient (Wildman–Crippen LogP) is 0.645. The van der Waals surface area contributed by atoms with E-state index < -0.39 is 14.7 Å². The van der Waals surface area contributed by atoms with E-state index in [0.717, 1.165) is 0 Å². The highest BCUT2D eigenvalue weighted by molar-refractivity contribution is 7.16. The van der Waals surface area contributed by atoms with E-state index in [9.17, 15) is 4.79 Å². The molecule has 0 rings (SSSR count). The Bertz CT molecular complexity index is 143. The number of rotatable bonds is 2. The SMILES string of the molecule is CC(C)(C)NCC(=O)O.O=PO. The summed E-state index contributed by atoms with van der Waals surface area (Å²) >= 11 is 0. The normalized spacial score (nSPS) is 10.3. The third-order valence-electron chi connectivity index (χ3n) is 0.770. The molecule has 5 nitrogen and oxygen atoms in total. The minimum Gasteiger partial charge on any atom is -0.480 e. The molecule has 0 spiro atoms. The van der Waals surface area contributed by atoms with Crippen molar-refractivity contribution in [3.8, 4) is 0 Å². The molecule has 3 N–H and O–H groups in total. The standard InChI is InChI=1S/C6H13NO2.HO2P/c1-6(2,3)7-4-5(8)9;1-3-2/h7H,4H2,1-3H3,(H,8,9);(H,1,2). The lowest BCUT2D eigenvalue weighted by Gasteiger charge is -2.18. The number of aliphatic carboxylic acids is 1. The summed E-state index contributed by atoms with van der Waals surface area (Å²) in [7, 11) is -0.833. The van der Waals surface area contributed by atoms with Crippen molar-refractivity contribution in [2.24, 2.45) is 0 Å². The molecule has 0 atom stereocenters. The zero-order valence-electron chi connectivity index (χ0n) is 7.37. The number of carboxylic acids is 1. The van der Waals surface area contributed by atoms with Gasteiger partial charge in [0, 0.05) is 5.54 Å². The molecule has 0 amide bonds. The van der Waals surface area contributed by atoms with E-state index in [1.54, 1.807) is 0 Å². The number of hydrogen-bond acceptors (Lipinski definition) is 3. The van der Waals surface area contributed by atoms with Crippen LogP contribution >= 0.6 is 8.69 Å². The van der Waals surface area contributed by atoms with Crippen molar-refractivity contribution in [2.75, 3.05) is 6.54 Å². The van der Waals surface area contributed by atoms with E-state index in [4.69, 9.17) is 14.6 Å². The Labute approximate surface area is 73.1 Å². The van der Waals surface area contributed by atoms with Crippen LogP contribution in [0.4, 0.5) is 0 Å². The van der Waals surface area contributed by atoms with Crippen LogP contribution in [-0.2, 0) is 9.36 Å². The van der Waals surface area contributed by atoms with Gasteiger partial charge in [-0.05, 0) is 20.8 Å². The second-order valence-corrected chi connectivity index (χ2v) is 3.24. The van der Waals surface area contributed by atoms with Crippen LogP contribution in [0.25, 0.3) is 0 Å². The zero-order valence-corrected chi connectivity index (χ0v) is 8.26. The van der Waals surface area contributed by atoms with Crippen LogP contribution in [0, 0.1) is 0 Å². The smallest absolute Gasteiger partial charge is 0.324 e. The third kappa shape index (κ3) is 22.7. The zero-order chi connectivity index (χ0) is 10.2. The number of carboxylic acid groups (broad SMARTS) is 1. The fourth-order valence-electron chi connectivity index (χ4n) is 0.341. The maximum atomic E-state index is 9.98. The molecule has 0 radical (unpaired) electrons. The van der Waals surface area contributed by atoms with Crippen LogP contribution in [0.3, 0.4) is 0 Å². The Kier molecular flexibility index (Phi) is 8.37. The van der Waals surface area contributed by atoms with E-state index in [0.29, 0.717) is 0 Å². The van der Waals surface area contributed by atoms with Gasteiger partial charge < -0.3 is 15.3 Å². The van der Waals surface area contributed by atoms with Gasteiger partial charge >= 0.3 is 14.7 Å². The average molecular weight is 195 g/mol. The van der Waals surface area contributed by atoms with Crippen LogP contribution in [0.5, 0.6) is 0 Å². The minimum atomic E-state index is -0.833. The van der Waals surface area contributed by atoms with Crippen LogP contribution in [0.15, 0.2) is 0 Å². The first-order chi connectivity index (χ1) is 5.33. The molecule has 0 aliphatic heterocycles. The van der Waals surface area contributed by atoms with E-state index >= 15 is 0 Å². The van der Waals surface area contributed by atoms with Crippen molar-refractivity contribution in [1.29, 1.82) is 0 Å². The summed E-state index contributed by atoms with van der Waals surface area (Å²) in [4.78, 5) is 17.0. The molecule has 0 aromatic heterocycles. The van der Waals surface area contributed by atoms with Crippen molar-refractivity contribution in [1.82, 2.24) is 5.32 Å². The van der Waals surface area contributed by atoms with Gasteiger partial charge in [-0.15, -0.1) is 0 Å². The molecular weight excluding hydrogens is 181 g/mol. The largest absolute Gasteiger partial charge is 0.480 e. The maximum Gasteiger partial charge on any atom is 0.324 e. The first kappa shape index (κ1) is 14.0. The lowest BCUT2D eigenvalue weighted by Crippen LogP contribution is -2.39. The Morgan fingerprint density at radius 1 is 1.50 bits per heavy atom. The van der Waals surface area contributed by atoms with Gasteiger partial charge in [0.05, 0.1) is 6.54 Å². The summed E-state index contributed by atoms with van der Waals surface area (Å²) in [6.07, 6.45) is 0. The number of hydrogen-bond donors (Lipinski definition) is 3. The summed E-state index contributed by atoms with van der Waals surface area (Å²) in [6, 6.07) is 0. The monoisotopic (exact) mass is 195 g/mol. The topological polar surface area (TPSA) is 86.6 Å². The van der Waals surface area contributed by atoms with Crippen LogP contribution in [0.2, 0.25) is 0 Å². The molecule has 0 aromatic rings. The van der Waals surface area contributed by atoms with Crippen molar-refractivity contribution >= 4 is 14.7 Å². The van der Waals surface area contributed by atoms with Gasteiger partial charge in [0.1, 0.15) is 0 Å². The van der Waals surface area contributed by atoms with E-state index in [1.807, 2.05) is 20.8 Å². The second-order valence-electron chi connectivity index (χ2n) is 3.08. The fraction of sp³-hybridized carbons (Fsp3) is 0.833. The molecule has 0 bridgehead atoms. The van der Waals surface area contributed by atoms with Gasteiger partial charge in [-0.3, -0.25) is 4.79 Å². The Balaban J connectivity index is 0. The quantitative estimate of drug-likeness (QED) is 0.563. The van der Waals surface area contributed by atoms with E-state index in [2.05, 4.69) is 5.32 Å². The molecule has 0 fully saturated rings. The van der Waals surface area contributed by atoms with Gasteiger partial charge in [-0.1, -0.05) is 0 Å². The molecule has 6 heteroatoms. The highest BCUT2D eigenvalue weighted by Crippen LogP contribution is 1.96. The molecule has 12 heavy (non-hydrogen) atoms. The molecule has 72 valence electrons. The highest BCUT2D eigenvalue weighted by Gasteiger charge is 2.09. The lowest BCUT2D eigenvalue weighted by molar-refractivity contribution is -0.136. The summed E-state index contributed by atoms with van der Waals surface area (Å²) in [5, 5.41) is 11.0. The molecular formula is C6H14NO4P. The molecule has 0 saturated heterocycles. The molecule has 0 saturated carbocycles. The van der Waals surface area contributed by atoms with Gasteiger partial charge in [-0.2, -0.15) is 0 Å². The number of nitrogens with one attached hydrogen (secondary N) is 1. The van der Waals surface area contributed by atoms with Crippen molar-refractivity contribution < 1.29 is 19.4 Å². The third-order valence-corrected chi connectivity index (χ3v) is 0.770. The van der Waals surface area contributed by atoms with E-state index in [1.165, 1.54) is 0 Å². The second kappa shape index (κ2) is 7.16. The molecule has 0 aromatic carbocycles. The fourth-order valence-corrected chi connectivity index (χ4v) is 0.341. The van der Waals surface area contributed by atoms with Gasteiger partial charge in [0.25, 0.3) is 0 Å². The summed E-state index contributed by atoms with van der Waals surface area (Å²) in [5.74, 6) is -0.815. The van der Waals surface area contributed by atoms with Gasteiger partial charge in [0.15, 0.2) is 0 Å². The first-order valence-corrected chi connectivity index (χ1v) is 4.03. The summed E-state index contributed by atoms with van der Waals surface area (Å²) < 4.78 is 8.46. The lowest BCUT2D eigenvalue weighted by atomic mass is 10.1. The van der Waals surface area contributed by atoms with Crippen molar-refractivity contribution in [2.45, 2.75) is 26.3 Å². The van der Waals surface area contributed by atoms with Gasteiger partial charge in [-0.25, -0.2) is 4.57 Å². The molecule has 0 aliphatic carbocycles. The molecule has 0 unspecified atom stereocenters. The van der Waals surface area contributed by atoms with Crippen molar-refractivity contribution in [3.05, 3.63) is 0 Å². The number of carbonyl (C=O) groups is 1. The first-order valence-electron chi connectivity index (χ1n) is 3.27.